The van der Waals surface area contributed by atoms with Gasteiger partial charge in [0.15, 0.2) is 0 Å². The van der Waals surface area contributed by atoms with Crippen molar-refractivity contribution < 1.29 is 14.0 Å². The average Bonchev–Trinajstić information content (AvgIpc) is 3.15. The fourth-order valence-electron chi connectivity index (χ4n) is 2.80. The topological polar surface area (TPSA) is 98.9 Å². The number of benzene rings is 2. The minimum absolute atomic E-state index is 0.240. The van der Waals surface area contributed by atoms with E-state index in [2.05, 4.69) is 26.1 Å². The molecule has 1 aromatic heterocycles. The van der Waals surface area contributed by atoms with Gasteiger partial charge in [0.05, 0.1) is 11.7 Å². The average molecular weight is 383 g/mol. The molecular formula is C20H22FN5O2. The highest BCUT2D eigenvalue weighted by Crippen LogP contribution is 2.17. The molecule has 1 atom stereocenters. The van der Waals surface area contributed by atoms with E-state index in [0.717, 1.165) is 22.9 Å². The van der Waals surface area contributed by atoms with Crippen LogP contribution in [-0.4, -0.2) is 28.2 Å². The first-order chi connectivity index (χ1) is 13.5. The molecule has 0 saturated carbocycles. The number of aromatic nitrogens is 2. The molecular weight excluding hydrogens is 361 g/mol. The molecule has 0 fully saturated rings. The Morgan fingerprint density at radius 1 is 1.18 bits per heavy atom. The highest BCUT2D eigenvalue weighted by molar-refractivity contribution is 5.98. The number of hydrogen-bond donors (Lipinski definition) is 4. The molecule has 0 radical (unpaired) electrons. The molecule has 28 heavy (non-hydrogen) atoms. The van der Waals surface area contributed by atoms with E-state index in [1.54, 1.807) is 24.4 Å². The molecule has 1 heterocycles. The number of urea groups is 1. The smallest absolute Gasteiger partial charge is 0.315 e. The Labute approximate surface area is 161 Å². The third-order valence-corrected chi connectivity index (χ3v) is 4.27. The van der Waals surface area contributed by atoms with Crippen molar-refractivity contribution in [3.8, 4) is 0 Å². The summed E-state index contributed by atoms with van der Waals surface area (Å²) < 4.78 is 12.9. The van der Waals surface area contributed by atoms with Crippen molar-refractivity contribution in [2.24, 2.45) is 0 Å². The first kappa shape index (κ1) is 19.3. The Hall–Kier alpha value is -3.42. The van der Waals surface area contributed by atoms with E-state index >= 15 is 0 Å². The summed E-state index contributed by atoms with van der Waals surface area (Å²) in [6.45, 7) is 2.18. The van der Waals surface area contributed by atoms with Gasteiger partial charge in [-0.2, -0.15) is 5.10 Å². The van der Waals surface area contributed by atoms with Crippen LogP contribution in [-0.2, 0) is 11.3 Å². The van der Waals surface area contributed by atoms with Crippen LogP contribution in [0.15, 0.2) is 48.7 Å². The second-order valence-corrected chi connectivity index (χ2v) is 6.46. The maximum Gasteiger partial charge on any atom is 0.315 e. The Morgan fingerprint density at radius 2 is 1.96 bits per heavy atom. The molecule has 0 bridgehead atoms. The third kappa shape index (κ3) is 5.06. The number of carbonyl (C=O) groups is 2. The molecule has 0 aliphatic heterocycles. The molecule has 0 spiro atoms. The van der Waals surface area contributed by atoms with Gasteiger partial charge >= 0.3 is 6.03 Å². The molecule has 3 rings (SSSR count). The monoisotopic (exact) mass is 383 g/mol. The van der Waals surface area contributed by atoms with Crippen molar-refractivity contribution in [2.45, 2.75) is 32.4 Å². The van der Waals surface area contributed by atoms with Crippen LogP contribution in [0.25, 0.3) is 10.9 Å². The van der Waals surface area contributed by atoms with Gasteiger partial charge in [-0.25, -0.2) is 9.18 Å². The molecule has 2 aromatic carbocycles. The number of aromatic amines is 1. The van der Waals surface area contributed by atoms with Gasteiger partial charge in [0, 0.05) is 17.6 Å². The molecule has 8 heteroatoms. The lowest BCUT2D eigenvalue weighted by Crippen LogP contribution is -2.47. The van der Waals surface area contributed by atoms with Gasteiger partial charge in [-0.3, -0.25) is 9.89 Å². The number of halogens is 1. The number of anilines is 1. The summed E-state index contributed by atoms with van der Waals surface area (Å²) in [6, 6.07) is 10.1. The Balaban J connectivity index is 1.57. The first-order valence-electron chi connectivity index (χ1n) is 9.08. The van der Waals surface area contributed by atoms with Crippen molar-refractivity contribution in [1.82, 2.24) is 20.8 Å². The third-order valence-electron chi connectivity index (χ3n) is 4.27. The fourth-order valence-corrected chi connectivity index (χ4v) is 2.80. The van der Waals surface area contributed by atoms with E-state index in [0.29, 0.717) is 12.1 Å². The van der Waals surface area contributed by atoms with Crippen molar-refractivity contribution in [3.05, 3.63) is 60.0 Å². The number of nitrogens with one attached hydrogen (secondary N) is 4. The van der Waals surface area contributed by atoms with Crippen LogP contribution >= 0.6 is 0 Å². The zero-order chi connectivity index (χ0) is 19.9. The molecule has 0 unspecified atom stereocenters. The maximum atomic E-state index is 12.9. The van der Waals surface area contributed by atoms with Gasteiger partial charge in [-0.1, -0.05) is 25.5 Å². The van der Waals surface area contributed by atoms with Crippen LogP contribution < -0.4 is 16.0 Å². The van der Waals surface area contributed by atoms with Gasteiger partial charge in [-0.05, 0) is 42.3 Å². The Kier molecular flexibility index (Phi) is 6.21. The summed E-state index contributed by atoms with van der Waals surface area (Å²) in [5, 5.41) is 15.9. The van der Waals surface area contributed by atoms with Crippen LogP contribution in [0, 0.1) is 5.82 Å². The Morgan fingerprint density at radius 3 is 2.71 bits per heavy atom. The largest absolute Gasteiger partial charge is 0.334 e. The van der Waals surface area contributed by atoms with Crippen LogP contribution in [0.3, 0.4) is 0 Å². The fraction of sp³-hybridized carbons (Fsp3) is 0.250. The minimum Gasteiger partial charge on any atom is -0.334 e. The molecule has 7 nitrogen and oxygen atoms in total. The maximum absolute atomic E-state index is 12.9. The first-order valence-corrected chi connectivity index (χ1v) is 9.08. The van der Waals surface area contributed by atoms with Gasteiger partial charge in [0.2, 0.25) is 5.91 Å². The van der Waals surface area contributed by atoms with Crippen LogP contribution in [0.4, 0.5) is 14.9 Å². The van der Waals surface area contributed by atoms with E-state index in [9.17, 15) is 14.0 Å². The lowest BCUT2D eigenvalue weighted by Gasteiger charge is -2.18. The van der Waals surface area contributed by atoms with Crippen molar-refractivity contribution in [2.75, 3.05) is 5.32 Å². The molecule has 146 valence electrons. The number of nitrogens with zero attached hydrogens (tertiary/aromatic N) is 1. The minimum atomic E-state index is -0.668. The standard InChI is InChI=1S/C20H22FN5O2/c1-2-3-18(25-20(28)22-11-13-4-6-15(21)7-5-13)19(27)24-16-8-9-17-14(10-16)12-23-26-17/h4-10,12,18H,2-3,11H2,1H3,(H,23,26)(H,24,27)(H2,22,25,28)/t18-/m0/s1. The lowest BCUT2D eigenvalue weighted by atomic mass is 10.1. The second kappa shape index (κ2) is 8.98. The summed E-state index contributed by atoms with van der Waals surface area (Å²) in [4.78, 5) is 24.8. The van der Waals surface area contributed by atoms with Crippen molar-refractivity contribution >= 4 is 28.5 Å². The molecule has 0 saturated heterocycles. The van der Waals surface area contributed by atoms with Crippen LogP contribution in [0.5, 0.6) is 0 Å². The van der Waals surface area contributed by atoms with E-state index < -0.39 is 12.1 Å². The number of hydrogen-bond acceptors (Lipinski definition) is 3. The van der Waals surface area contributed by atoms with Gasteiger partial charge in [0.1, 0.15) is 11.9 Å². The van der Waals surface area contributed by atoms with Gasteiger partial charge < -0.3 is 16.0 Å². The zero-order valence-corrected chi connectivity index (χ0v) is 15.5. The molecule has 3 aromatic rings. The summed E-state index contributed by atoms with van der Waals surface area (Å²) in [6.07, 6.45) is 2.91. The highest BCUT2D eigenvalue weighted by atomic mass is 19.1. The number of amides is 3. The molecule has 0 aliphatic rings. The molecule has 4 N–H and O–H groups in total. The number of H-pyrrole nitrogens is 1. The van der Waals surface area contributed by atoms with Crippen molar-refractivity contribution in [3.63, 3.8) is 0 Å². The highest BCUT2D eigenvalue weighted by Gasteiger charge is 2.20. The summed E-state index contributed by atoms with van der Waals surface area (Å²) in [7, 11) is 0. The van der Waals surface area contributed by atoms with Crippen LogP contribution in [0.2, 0.25) is 0 Å². The van der Waals surface area contributed by atoms with E-state index in [-0.39, 0.29) is 18.3 Å². The van der Waals surface area contributed by atoms with Crippen molar-refractivity contribution in [1.29, 1.82) is 0 Å². The summed E-state index contributed by atoms with van der Waals surface area (Å²) in [5.74, 6) is -0.622. The summed E-state index contributed by atoms with van der Waals surface area (Å²) >= 11 is 0. The SMILES string of the molecule is CCC[C@H](NC(=O)NCc1ccc(F)cc1)C(=O)Nc1ccc2[nH]ncc2c1. The number of fused-ring (bicyclic) bond motifs is 1. The van der Waals surface area contributed by atoms with Gasteiger partial charge in [0.25, 0.3) is 0 Å². The van der Waals surface area contributed by atoms with Gasteiger partial charge in [-0.15, -0.1) is 0 Å². The van der Waals surface area contributed by atoms with E-state index in [1.807, 2.05) is 19.1 Å². The second-order valence-electron chi connectivity index (χ2n) is 6.46. The van der Waals surface area contributed by atoms with E-state index in [1.165, 1.54) is 12.1 Å². The van der Waals surface area contributed by atoms with E-state index in [4.69, 9.17) is 0 Å². The lowest BCUT2D eigenvalue weighted by molar-refractivity contribution is -0.118. The summed E-state index contributed by atoms with van der Waals surface area (Å²) in [5.41, 5.74) is 2.27. The quantitative estimate of drug-likeness (QED) is 0.504. The molecule has 3 amide bonds. The zero-order valence-electron chi connectivity index (χ0n) is 15.5. The molecule has 0 aliphatic carbocycles. The normalized spacial score (nSPS) is 11.8. The van der Waals surface area contributed by atoms with Crippen LogP contribution in [0.1, 0.15) is 25.3 Å². The number of rotatable bonds is 7. The predicted octanol–water partition coefficient (Wildman–Crippen LogP) is 3.31. The number of carbonyl (C=O) groups excluding carboxylic acids is 2. The predicted molar refractivity (Wildman–Crippen MR) is 105 cm³/mol. The Bertz CT molecular complexity index is 955.